The molecule has 0 bridgehead atoms. The first-order valence-electron chi connectivity index (χ1n) is 5.69. The molecular formula is C12H15FN2O2. The number of aromatic nitrogens is 1. The maximum Gasteiger partial charge on any atom is 0.326 e. The molecule has 1 aliphatic rings. The largest absolute Gasteiger partial charge is 0.465 e. The second kappa shape index (κ2) is 4.79. The zero-order chi connectivity index (χ0) is 12.3. The van der Waals surface area contributed by atoms with Crippen LogP contribution in [0.4, 0.5) is 4.39 Å². The molecule has 1 N–H and O–H groups in total. The minimum atomic E-state index is -0.536. The molecule has 1 aromatic heterocycles. The minimum absolute atomic E-state index is 0.206. The maximum atomic E-state index is 12.6. The van der Waals surface area contributed by atoms with Gasteiger partial charge in [-0.25, -0.2) is 4.39 Å². The number of halogens is 1. The van der Waals surface area contributed by atoms with Gasteiger partial charge >= 0.3 is 5.97 Å². The molecule has 0 spiro atoms. The van der Waals surface area contributed by atoms with E-state index < -0.39 is 5.54 Å². The van der Waals surface area contributed by atoms with Crippen LogP contribution in [0.25, 0.3) is 0 Å². The summed E-state index contributed by atoms with van der Waals surface area (Å²) in [6.07, 6.45) is 2.74. The van der Waals surface area contributed by atoms with Crippen molar-refractivity contribution in [2.24, 2.45) is 0 Å². The van der Waals surface area contributed by atoms with Crippen molar-refractivity contribution in [2.75, 3.05) is 6.61 Å². The highest BCUT2D eigenvalue weighted by Gasteiger charge is 2.50. The van der Waals surface area contributed by atoms with Crippen molar-refractivity contribution in [2.45, 2.75) is 31.8 Å². The molecule has 0 amide bonds. The van der Waals surface area contributed by atoms with Crippen molar-refractivity contribution in [3.63, 3.8) is 0 Å². The monoisotopic (exact) mass is 238 g/mol. The first kappa shape index (κ1) is 12.0. The van der Waals surface area contributed by atoms with Gasteiger partial charge in [-0.05, 0) is 31.9 Å². The summed E-state index contributed by atoms with van der Waals surface area (Å²) in [6, 6.07) is 2.96. The molecule has 0 saturated heterocycles. The zero-order valence-corrected chi connectivity index (χ0v) is 9.70. The van der Waals surface area contributed by atoms with Gasteiger partial charge in [0, 0.05) is 6.54 Å². The number of carbonyl (C=O) groups is 1. The molecule has 0 unspecified atom stereocenters. The number of nitrogens with zero attached hydrogens (tertiary/aromatic N) is 1. The predicted molar refractivity (Wildman–Crippen MR) is 59.6 cm³/mol. The summed E-state index contributed by atoms with van der Waals surface area (Å²) in [5, 5.41) is 3.13. The molecule has 1 saturated carbocycles. The number of hydrogen-bond acceptors (Lipinski definition) is 4. The summed E-state index contributed by atoms with van der Waals surface area (Å²) in [5.41, 5.74) is 0.175. The number of pyridine rings is 1. The summed E-state index contributed by atoms with van der Waals surface area (Å²) in [5.74, 6) is -0.567. The second-order valence-electron chi connectivity index (χ2n) is 4.12. The lowest BCUT2D eigenvalue weighted by molar-refractivity contribution is -0.147. The van der Waals surface area contributed by atoms with Crippen LogP contribution in [0.5, 0.6) is 0 Å². The summed E-state index contributed by atoms with van der Waals surface area (Å²) in [4.78, 5) is 15.6. The van der Waals surface area contributed by atoms with Gasteiger partial charge in [0.2, 0.25) is 0 Å². The van der Waals surface area contributed by atoms with Crippen LogP contribution in [0, 0.1) is 5.82 Å². The number of esters is 1. The first-order chi connectivity index (χ1) is 8.16. The average Bonchev–Trinajstić information content (AvgIpc) is 3.10. The maximum absolute atomic E-state index is 12.6. The molecule has 1 aliphatic carbocycles. The van der Waals surface area contributed by atoms with E-state index in [0.29, 0.717) is 18.8 Å². The van der Waals surface area contributed by atoms with E-state index in [-0.39, 0.29) is 11.8 Å². The standard InChI is InChI=1S/C12H15FN2O2/c1-2-17-11(16)12(5-6-12)15-8-10-4-3-9(13)7-14-10/h3-4,7,15H,2,5-6,8H2,1H3. The molecule has 1 fully saturated rings. The number of rotatable bonds is 5. The lowest BCUT2D eigenvalue weighted by Crippen LogP contribution is -2.40. The zero-order valence-electron chi connectivity index (χ0n) is 9.70. The minimum Gasteiger partial charge on any atom is -0.465 e. The molecule has 0 radical (unpaired) electrons. The molecule has 1 heterocycles. The van der Waals surface area contributed by atoms with Crippen LogP contribution in [-0.4, -0.2) is 23.1 Å². The fourth-order valence-electron chi connectivity index (χ4n) is 1.62. The van der Waals surface area contributed by atoms with Crippen molar-refractivity contribution in [3.8, 4) is 0 Å². The first-order valence-corrected chi connectivity index (χ1v) is 5.69. The highest BCUT2D eigenvalue weighted by molar-refractivity contribution is 5.84. The normalized spacial score (nSPS) is 16.6. The Bertz CT molecular complexity index is 401. The highest BCUT2D eigenvalue weighted by Crippen LogP contribution is 2.36. The summed E-state index contributed by atoms with van der Waals surface area (Å²) in [7, 11) is 0. The Morgan fingerprint density at radius 1 is 1.59 bits per heavy atom. The molecule has 5 heteroatoms. The van der Waals surface area contributed by atoms with Crippen LogP contribution in [0.3, 0.4) is 0 Å². The fourth-order valence-corrected chi connectivity index (χ4v) is 1.62. The third kappa shape index (κ3) is 2.79. The second-order valence-corrected chi connectivity index (χ2v) is 4.12. The van der Waals surface area contributed by atoms with Gasteiger partial charge in [0.05, 0.1) is 18.5 Å². The lowest BCUT2D eigenvalue weighted by atomic mass is 10.2. The van der Waals surface area contributed by atoms with Gasteiger partial charge in [0.25, 0.3) is 0 Å². The van der Waals surface area contributed by atoms with Crippen molar-refractivity contribution in [1.29, 1.82) is 0 Å². The van der Waals surface area contributed by atoms with Crippen LogP contribution in [0.2, 0.25) is 0 Å². The molecule has 0 atom stereocenters. The van der Waals surface area contributed by atoms with E-state index in [1.54, 1.807) is 13.0 Å². The van der Waals surface area contributed by atoms with Gasteiger partial charge in [0.1, 0.15) is 11.4 Å². The SMILES string of the molecule is CCOC(=O)C1(NCc2ccc(F)cn2)CC1. The van der Waals surface area contributed by atoms with E-state index in [2.05, 4.69) is 10.3 Å². The van der Waals surface area contributed by atoms with E-state index >= 15 is 0 Å². The van der Waals surface area contributed by atoms with Crippen LogP contribution in [0.1, 0.15) is 25.5 Å². The number of hydrogen-bond donors (Lipinski definition) is 1. The van der Waals surface area contributed by atoms with Gasteiger partial charge in [-0.3, -0.25) is 15.1 Å². The quantitative estimate of drug-likeness (QED) is 0.788. The topological polar surface area (TPSA) is 51.2 Å². The molecule has 4 nitrogen and oxygen atoms in total. The van der Waals surface area contributed by atoms with Gasteiger partial charge in [-0.15, -0.1) is 0 Å². The van der Waals surface area contributed by atoms with E-state index in [1.807, 2.05) is 0 Å². The Kier molecular flexibility index (Phi) is 3.38. The van der Waals surface area contributed by atoms with Crippen molar-refractivity contribution < 1.29 is 13.9 Å². The number of ether oxygens (including phenoxy) is 1. The number of nitrogens with one attached hydrogen (secondary N) is 1. The van der Waals surface area contributed by atoms with Gasteiger partial charge in [-0.2, -0.15) is 0 Å². The summed E-state index contributed by atoms with van der Waals surface area (Å²) in [6.45, 7) is 2.62. The third-order valence-electron chi connectivity index (χ3n) is 2.81. The molecule has 17 heavy (non-hydrogen) atoms. The van der Waals surface area contributed by atoms with E-state index in [9.17, 15) is 9.18 Å². The highest BCUT2D eigenvalue weighted by atomic mass is 19.1. The Hall–Kier alpha value is -1.49. The summed E-state index contributed by atoms with van der Waals surface area (Å²) >= 11 is 0. The Labute approximate surface area is 99.2 Å². The molecular weight excluding hydrogens is 223 g/mol. The van der Waals surface area contributed by atoms with Crippen molar-refractivity contribution >= 4 is 5.97 Å². The van der Waals surface area contributed by atoms with Crippen LogP contribution >= 0.6 is 0 Å². The molecule has 1 aromatic rings. The van der Waals surface area contributed by atoms with E-state index in [1.165, 1.54) is 12.3 Å². The van der Waals surface area contributed by atoms with E-state index in [4.69, 9.17) is 4.74 Å². The third-order valence-corrected chi connectivity index (χ3v) is 2.81. The molecule has 2 rings (SSSR count). The van der Waals surface area contributed by atoms with Gasteiger partial charge in [0.15, 0.2) is 0 Å². The predicted octanol–water partition coefficient (Wildman–Crippen LogP) is 1.41. The summed E-state index contributed by atoms with van der Waals surface area (Å²) < 4.78 is 17.6. The fraction of sp³-hybridized carbons (Fsp3) is 0.500. The van der Waals surface area contributed by atoms with Crippen LogP contribution in [-0.2, 0) is 16.1 Å². The molecule has 92 valence electrons. The molecule has 0 aromatic carbocycles. The Morgan fingerprint density at radius 3 is 2.88 bits per heavy atom. The number of carbonyl (C=O) groups excluding carboxylic acids is 1. The van der Waals surface area contributed by atoms with Crippen molar-refractivity contribution in [1.82, 2.24) is 10.3 Å². The van der Waals surface area contributed by atoms with Gasteiger partial charge < -0.3 is 4.74 Å². The van der Waals surface area contributed by atoms with Crippen molar-refractivity contribution in [3.05, 3.63) is 29.8 Å². The average molecular weight is 238 g/mol. The lowest BCUT2D eigenvalue weighted by Gasteiger charge is -2.15. The Balaban J connectivity index is 1.90. The van der Waals surface area contributed by atoms with Gasteiger partial charge in [-0.1, -0.05) is 0 Å². The van der Waals surface area contributed by atoms with Crippen LogP contribution in [0.15, 0.2) is 18.3 Å². The smallest absolute Gasteiger partial charge is 0.326 e. The molecule has 0 aliphatic heterocycles. The Morgan fingerprint density at radius 2 is 2.35 bits per heavy atom. The van der Waals surface area contributed by atoms with Crippen LogP contribution < -0.4 is 5.32 Å². The van der Waals surface area contributed by atoms with E-state index in [0.717, 1.165) is 12.8 Å².